The van der Waals surface area contributed by atoms with Gasteiger partial charge in [0, 0.05) is 41.4 Å². The van der Waals surface area contributed by atoms with Gasteiger partial charge in [0.2, 0.25) is 5.91 Å². The van der Waals surface area contributed by atoms with Crippen molar-refractivity contribution in [3.05, 3.63) is 47.5 Å². The van der Waals surface area contributed by atoms with Crippen molar-refractivity contribution in [2.75, 3.05) is 17.2 Å². The van der Waals surface area contributed by atoms with Crippen LogP contribution in [-0.2, 0) is 4.79 Å². The van der Waals surface area contributed by atoms with Crippen molar-refractivity contribution < 1.29 is 27.2 Å². The highest BCUT2D eigenvalue weighted by molar-refractivity contribution is 5.95. The summed E-state index contributed by atoms with van der Waals surface area (Å²) in [6.45, 7) is 2.85. The Morgan fingerprint density at radius 3 is 2.44 bits per heavy atom. The highest BCUT2D eigenvalue weighted by Gasteiger charge is 2.30. The van der Waals surface area contributed by atoms with Crippen molar-refractivity contribution in [1.29, 1.82) is 0 Å². The molecule has 0 atom stereocenters. The maximum Gasteiger partial charge on any atom is 0.390 e. The Balaban J connectivity index is 0.00000361. The second-order valence-corrected chi connectivity index (χ2v) is 8.54. The van der Waals surface area contributed by atoms with Crippen LogP contribution in [-0.4, -0.2) is 34.6 Å². The van der Waals surface area contributed by atoms with Crippen LogP contribution < -0.4 is 16.0 Å². The molecule has 3 aromatic rings. The molecule has 7 nitrogen and oxygen atoms in total. The molecule has 1 aliphatic rings. The summed E-state index contributed by atoms with van der Waals surface area (Å²) in [6, 6.07) is 5.22. The molecule has 192 valence electrons. The van der Waals surface area contributed by atoms with Crippen LogP contribution in [0.4, 0.5) is 33.9 Å². The number of alkyl halides is 3. The molecule has 1 aromatic carbocycles. The summed E-state index contributed by atoms with van der Waals surface area (Å²) in [5.74, 6) is -0.327. The lowest BCUT2D eigenvalue weighted by molar-refractivity contribution is -0.132. The van der Waals surface area contributed by atoms with Gasteiger partial charge < -0.3 is 16.0 Å². The number of fused-ring (bicyclic) bond motifs is 1. The molecule has 4 rings (SSSR count). The number of nitrogens with one attached hydrogen (secondary N) is 3. The van der Waals surface area contributed by atoms with Gasteiger partial charge in [-0.05, 0) is 56.0 Å². The van der Waals surface area contributed by atoms with E-state index in [4.69, 9.17) is 0 Å². The molecule has 0 saturated heterocycles. The molecule has 1 aliphatic carbocycles. The van der Waals surface area contributed by atoms with E-state index in [2.05, 4.69) is 25.9 Å². The number of pyridine rings is 2. The molecular formula is C24H24ClF4N5O2. The van der Waals surface area contributed by atoms with E-state index in [1.807, 2.05) is 6.07 Å². The maximum absolute atomic E-state index is 14.5. The number of carbonyl (C=O) groups is 2. The lowest BCUT2D eigenvalue weighted by atomic mass is 9.97. The van der Waals surface area contributed by atoms with E-state index >= 15 is 0 Å². The standard InChI is InChI=1S/C24H23F4N5O2.ClH/c1-12-7-18(25)20(32-23(35)29-6-5-24(26,27)28)9-16(12)17-8-15-11-30-21(10-19(15)31-13(17)2)33-22(34)14-3-4-14;/h7-11,14H,3-6H2,1-2H3,(H2,29,32,35)(H,30,33,34);1H. The first-order valence-corrected chi connectivity index (χ1v) is 11.0. The van der Waals surface area contributed by atoms with Crippen LogP contribution in [0.15, 0.2) is 30.5 Å². The van der Waals surface area contributed by atoms with Crippen LogP contribution in [0.2, 0.25) is 0 Å². The lowest BCUT2D eigenvalue weighted by Gasteiger charge is -2.15. The van der Waals surface area contributed by atoms with E-state index < -0.39 is 31.0 Å². The average Bonchev–Trinajstić information content (AvgIpc) is 3.60. The number of aryl methyl sites for hydroxylation is 2. The van der Waals surface area contributed by atoms with E-state index in [1.165, 1.54) is 12.1 Å². The summed E-state index contributed by atoms with van der Waals surface area (Å²) in [4.78, 5) is 32.9. The molecule has 3 N–H and O–H groups in total. The number of urea groups is 1. The van der Waals surface area contributed by atoms with Gasteiger partial charge in [0.1, 0.15) is 11.6 Å². The first-order valence-electron chi connectivity index (χ1n) is 11.0. The first kappa shape index (κ1) is 27.1. The summed E-state index contributed by atoms with van der Waals surface area (Å²) in [7, 11) is 0. The summed E-state index contributed by atoms with van der Waals surface area (Å²) in [6.07, 6.45) is -2.26. The topological polar surface area (TPSA) is 96.0 Å². The second kappa shape index (κ2) is 10.7. The number of rotatable bonds is 6. The van der Waals surface area contributed by atoms with E-state index in [0.29, 0.717) is 39.1 Å². The zero-order valence-corrected chi connectivity index (χ0v) is 20.2. The molecular weight excluding hydrogens is 502 g/mol. The minimum Gasteiger partial charge on any atom is -0.338 e. The van der Waals surface area contributed by atoms with Crippen molar-refractivity contribution in [3.63, 3.8) is 0 Å². The fourth-order valence-corrected chi connectivity index (χ4v) is 3.62. The summed E-state index contributed by atoms with van der Waals surface area (Å²) >= 11 is 0. The van der Waals surface area contributed by atoms with E-state index in [1.54, 1.807) is 26.1 Å². The fourth-order valence-electron chi connectivity index (χ4n) is 3.62. The zero-order valence-electron chi connectivity index (χ0n) is 19.4. The summed E-state index contributed by atoms with van der Waals surface area (Å²) in [5, 5.41) is 7.81. The third-order valence-electron chi connectivity index (χ3n) is 5.64. The number of nitrogens with zero attached hydrogens (tertiary/aromatic N) is 2. The van der Waals surface area contributed by atoms with Gasteiger partial charge in [-0.15, -0.1) is 12.4 Å². The van der Waals surface area contributed by atoms with Crippen LogP contribution in [0, 0.1) is 25.6 Å². The molecule has 0 radical (unpaired) electrons. The highest BCUT2D eigenvalue weighted by atomic mass is 35.5. The van der Waals surface area contributed by atoms with Gasteiger partial charge in [0.05, 0.1) is 17.6 Å². The quantitative estimate of drug-likeness (QED) is 0.349. The number of aromatic nitrogens is 2. The SMILES string of the molecule is Cc1cc(F)c(NC(=O)NCCC(F)(F)F)cc1-c1cc2cnc(NC(=O)C3CC3)cc2nc1C.Cl. The van der Waals surface area contributed by atoms with Gasteiger partial charge in [-0.2, -0.15) is 13.2 Å². The van der Waals surface area contributed by atoms with Gasteiger partial charge in [-0.25, -0.2) is 14.2 Å². The van der Waals surface area contributed by atoms with Crippen molar-refractivity contribution >= 4 is 46.8 Å². The molecule has 12 heteroatoms. The van der Waals surface area contributed by atoms with E-state index in [-0.39, 0.29) is 29.9 Å². The number of halogens is 5. The van der Waals surface area contributed by atoms with Crippen LogP contribution in [0.25, 0.3) is 22.0 Å². The molecule has 36 heavy (non-hydrogen) atoms. The molecule has 0 unspecified atom stereocenters. The predicted octanol–water partition coefficient (Wildman–Crippen LogP) is 5.90. The maximum atomic E-state index is 14.5. The number of benzene rings is 1. The number of hydrogen-bond donors (Lipinski definition) is 3. The number of amides is 3. The van der Waals surface area contributed by atoms with Crippen molar-refractivity contribution in [1.82, 2.24) is 15.3 Å². The summed E-state index contributed by atoms with van der Waals surface area (Å²) < 4.78 is 51.3. The molecule has 1 fully saturated rings. The van der Waals surface area contributed by atoms with Crippen LogP contribution >= 0.6 is 12.4 Å². The molecule has 0 spiro atoms. The lowest BCUT2D eigenvalue weighted by Crippen LogP contribution is -2.32. The largest absolute Gasteiger partial charge is 0.390 e. The Morgan fingerprint density at radius 2 is 1.78 bits per heavy atom. The number of carbonyl (C=O) groups excluding carboxylic acids is 2. The Kier molecular flexibility index (Phi) is 8.02. The molecule has 2 aromatic heterocycles. The van der Waals surface area contributed by atoms with Gasteiger partial charge in [-0.3, -0.25) is 9.78 Å². The molecule has 3 amide bonds. The average molecular weight is 526 g/mol. The number of hydrogen-bond acceptors (Lipinski definition) is 4. The fraction of sp³-hybridized carbons (Fsp3) is 0.333. The smallest absolute Gasteiger partial charge is 0.338 e. The number of anilines is 2. The van der Waals surface area contributed by atoms with E-state index in [9.17, 15) is 27.2 Å². The van der Waals surface area contributed by atoms with Crippen LogP contribution in [0.5, 0.6) is 0 Å². The zero-order chi connectivity index (χ0) is 25.3. The van der Waals surface area contributed by atoms with Gasteiger partial charge in [0.25, 0.3) is 0 Å². The van der Waals surface area contributed by atoms with Crippen molar-refractivity contribution in [3.8, 4) is 11.1 Å². The highest BCUT2D eigenvalue weighted by Crippen LogP contribution is 2.33. The summed E-state index contributed by atoms with van der Waals surface area (Å²) in [5.41, 5.74) is 2.91. The van der Waals surface area contributed by atoms with E-state index in [0.717, 1.165) is 12.8 Å². The van der Waals surface area contributed by atoms with Gasteiger partial charge in [0.15, 0.2) is 0 Å². The third-order valence-corrected chi connectivity index (χ3v) is 5.64. The van der Waals surface area contributed by atoms with Crippen LogP contribution in [0.1, 0.15) is 30.5 Å². The van der Waals surface area contributed by atoms with Crippen molar-refractivity contribution in [2.24, 2.45) is 5.92 Å². The second-order valence-electron chi connectivity index (χ2n) is 8.54. The minimum atomic E-state index is -4.41. The molecule has 1 saturated carbocycles. The third kappa shape index (κ3) is 6.60. The normalized spacial score (nSPS) is 13.2. The molecule has 0 bridgehead atoms. The van der Waals surface area contributed by atoms with Gasteiger partial charge in [-0.1, -0.05) is 0 Å². The van der Waals surface area contributed by atoms with Crippen molar-refractivity contribution in [2.45, 2.75) is 39.3 Å². The Hall–Kier alpha value is -3.47. The molecule has 2 heterocycles. The Bertz CT molecular complexity index is 1310. The predicted molar refractivity (Wildman–Crippen MR) is 131 cm³/mol. The monoisotopic (exact) mass is 525 g/mol. The van der Waals surface area contributed by atoms with Crippen LogP contribution in [0.3, 0.4) is 0 Å². The molecule has 0 aliphatic heterocycles. The minimum absolute atomic E-state index is 0. The Morgan fingerprint density at radius 1 is 1.06 bits per heavy atom. The first-order chi connectivity index (χ1) is 16.5. The Labute approximate surface area is 210 Å². The van der Waals surface area contributed by atoms with Gasteiger partial charge >= 0.3 is 12.2 Å².